The monoisotopic (exact) mass is 767 g/mol. The van der Waals surface area contributed by atoms with Crippen LogP contribution in [-0.4, -0.2) is 63.4 Å². The molecular weight excluding hydrogens is 725 g/mol. The van der Waals surface area contributed by atoms with Gasteiger partial charge in [0.2, 0.25) is 10.0 Å². The molecule has 0 radical (unpaired) electrons. The molecule has 2 heterocycles. The van der Waals surface area contributed by atoms with Crippen LogP contribution >= 0.6 is 0 Å². The van der Waals surface area contributed by atoms with E-state index in [4.69, 9.17) is 14.2 Å². The summed E-state index contributed by atoms with van der Waals surface area (Å²) in [6.45, 7) is 8.70. The molecule has 2 N–H and O–H groups in total. The first-order chi connectivity index (χ1) is 25.1. The highest BCUT2D eigenvalue weighted by Crippen LogP contribution is 2.43. The third-order valence-corrected chi connectivity index (χ3v) is 11.4. The van der Waals surface area contributed by atoms with Crippen molar-refractivity contribution >= 4 is 48.9 Å². The Bertz CT molecular complexity index is 2270. The molecule has 2 aromatic carbocycles. The number of amides is 2. The molecule has 0 spiro atoms. The first-order valence-corrected chi connectivity index (χ1v) is 20.5. The lowest BCUT2D eigenvalue weighted by atomic mass is 9.92. The van der Waals surface area contributed by atoms with E-state index in [-0.39, 0.29) is 43.5 Å². The fraction of sp³-hybridized carbons (Fsp3) is 0.405. The Balaban J connectivity index is 1.43. The number of hydrogen-bond donors (Lipinski definition) is 2. The van der Waals surface area contributed by atoms with Gasteiger partial charge in [0.05, 0.1) is 15.1 Å². The zero-order valence-electron chi connectivity index (χ0n) is 30.0. The SMILES string of the molecule is CCNC(C)c1ccc2c(-c3ccc(S(=O)(=O)NCCCCCC(=O)ON4C(=O)CCC4=O)cc3S(=O)(=O)[O-])c3ccc(=NC(C)CC)cc-3oc2c1. The van der Waals surface area contributed by atoms with Gasteiger partial charge in [0.1, 0.15) is 21.5 Å². The summed E-state index contributed by atoms with van der Waals surface area (Å²) in [5.74, 6) is -1.50. The predicted molar refractivity (Wildman–Crippen MR) is 194 cm³/mol. The minimum absolute atomic E-state index is 0.0127. The van der Waals surface area contributed by atoms with Gasteiger partial charge in [0.15, 0.2) is 0 Å². The van der Waals surface area contributed by atoms with Gasteiger partial charge in [-0.2, -0.15) is 0 Å². The van der Waals surface area contributed by atoms with E-state index >= 15 is 0 Å². The normalized spacial score (nSPS) is 15.4. The molecule has 3 aliphatic rings. The van der Waals surface area contributed by atoms with E-state index in [0.717, 1.165) is 24.6 Å². The van der Waals surface area contributed by atoms with E-state index in [1.54, 1.807) is 24.3 Å². The Labute approximate surface area is 308 Å². The largest absolute Gasteiger partial charge is 0.744 e. The van der Waals surface area contributed by atoms with Crippen molar-refractivity contribution in [3.05, 3.63) is 65.5 Å². The Morgan fingerprint density at radius 3 is 2.34 bits per heavy atom. The van der Waals surface area contributed by atoms with Gasteiger partial charge in [0.25, 0.3) is 11.8 Å². The number of hydrogen-bond acceptors (Lipinski definition) is 12. The molecule has 16 heteroatoms. The lowest BCUT2D eigenvalue weighted by Crippen LogP contribution is -2.31. The molecule has 2 amide bonds. The molecule has 1 aliphatic carbocycles. The van der Waals surface area contributed by atoms with Crippen molar-refractivity contribution in [3.8, 4) is 22.5 Å². The van der Waals surface area contributed by atoms with Crippen molar-refractivity contribution in [3.63, 3.8) is 0 Å². The van der Waals surface area contributed by atoms with Crippen molar-refractivity contribution in [2.45, 2.75) is 94.5 Å². The number of rotatable bonds is 16. The fourth-order valence-electron chi connectivity index (χ4n) is 6.05. The summed E-state index contributed by atoms with van der Waals surface area (Å²) in [6.07, 6.45) is 1.72. The molecule has 2 aliphatic heterocycles. The van der Waals surface area contributed by atoms with Crippen LogP contribution in [0.1, 0.15) is 84.2 Å². The highest BCUT2D eigenvalue weighted by atomic mass is 32.2. The van der Waals surface area contributed by atoms with Gasteiger partial charge in [0, 0.05) is 66.0 Å². The van der Waals surface area contributed by atoms with Gasteiger partial charge < -0.3 is 19.1 Å². The summed E-state index contributed by atoms with van der Waals surface area (Å²) in [6, 6.07) is 14.3. The van der Waals surface area contributed by atoms with Crippen molar-refractivity contribution in [1.82, 2.24) is 15.1 Å². The van der Waals surface area contributed by atoms with Crippen LogP contribution in [-0.2, 0) is 39.4 Å². The minimum Gasteiger partial charge on any atom is -0.744 e. The molecule has 2 atom stereocenters. The van der Waals surface area contributed by atoms with Crippen LogP contribution in [0.25, 0.3) is 33.4 Å². The number of carbonyl (C=O) groups excluding carboxylic acids is 3. The minimum atomic E-state index is -5.21. The quantitative estimate of drug-likeness (QED) is 0.0677. The third kappa shape index (κ3) is 9.37. The van der Waals surface area contributed by atoms with E-state index in [0.29, 0.717) is 57.5 Å². The average molecular weight is 768 g/mol. The maximum atomic E-state index is 13.3. The standard InChI is InChI=1S/C37H44N4O10S2/c1-5-23(3)40-26-12-15-29-32(21-26)50-31-20-25(24(4)38-6-2)11-14-28(31)37(29)30-16-13-27(22-33(30)53(47,48)49)52(45,46)39-19-9-7-8-10-36(44)51-41-34(42)17-18-35(41)43/h11-16,20-24,38-39H,5-10,17-19H2,1-4H3,(H,47,48,49)/p-1. The fourth-order valence-corrected chi connectivity index (χ4v) is 7.94. The lowest BCUT2D eigenvalue weighted by molar-refractivity contribution is -0.197. The number of nitrogens with one attached hydrogen (secondary N) is 2. The van der Waals surface area contributed by atoms with Crippen LogP contribution in [0.3, 0.4) is 0 Å². The third-order valence-electron chi connectivity index (χ3n) is 9.05. The van der Waals surface area contributed by atoms with Gasteiger partial charge in [-0.25, -0.2) is 26.4 Å². The Hall–Kier alpha value is -4.48. The average Bonchev–Trinajstić information content (AvgIpc) is 3.43. The summed E-state index contributed by atoms with van der Waals surface area (Å²) in [4.78, 5) is 43.7. The summed E-state index contributed by atoms with van der Waals surface area (Å²) in [5, 5.41) is 5.02. The summed E-state index contributed by atoms with van der Waals surface area (Å²) in [5.41, 5.74) is 2.28. The molecule has 53 heavy (non-hydrogen) atoms. The smallest absolute Gasteiger partial charge is 0.333 e. The second kappa shape index (κ2) is 16.7. The molecule has 2 unspecified atom stereocenters. The number of hydroxylamine groups is 2. The highest BCUT2D eigenvalue weighted by molar-refractivity contribution is 7.89. The second-order valence-corrected chi connectivity index (χ2v) is 16.1. The van der Waals surface area contributed by atoms with Gasteiger partial charge >= 0.3 is 5.97 Å². The van der Waals surface area contributed by atoms with Gasteiger partial charge in [-0.1, -0.05) is 38.5 Å². The Morgan fingerprint density at radius 2 is 1.66 bits per heavy atom. The van der Waals surface area contributed by atoms with Crippen LogP contribution in [0.4, 0.5) is 0 Å². The van der Waals surface area contributed by atoms with Crippen molar-refractivity contribution in [1.29, 1.82) is 0 Å². The Kier molecular flexibility index (Phi) is 12.5. The van der Waals surface area contributed by atoms with E-state index in [9.17, 15) is 35.8 Å². The molecular formula is C37H43N4O10S2-. The van der Waals surface area contributed by atoms with E-state index in [1.807, 2.05) is 39.8 Å². The number of unbranched alkanes of at least 4 members (excludes halogenated alkanes) is 2. The van der Waals surface area contributed by atoms with Crippen LogP contribution in [0.2, 0.25) is 0 Å². The van der Waals surface area contributed by atoms with Crippen LogP contribution in [0, 0.1) is 0 Å². The van der Waals surface area contributed by atoms with Crippen molar-refractivity contribution in [2.24, 2.45) is 4.99 Å². The van der Waals surface area contributed by atoms with E-state index in [1.165, 1.54) is 12.1 Å². The van der Waals surface area contributed by atoms with Crippen molar-refractivity contribution in [2.75, 3.05) is 13.1 Å². The molecule has 0 aromatic heterocycles. The van der Waals surface area contributed by atoms with Gasteiger partial charge in [-0.3, -0.25) is 14.6 Å². The number of fused-ring (bicyclic) bond motifs is 2. The molecule has 0 bridgehead atoms. The first kappa shape index (κ1) is 39.7. The molecule has 5 rings (SSSR count). The number of benzene rings is 3. The van der Waals surface area contributed by atoms with Crippen LogP contribution < -0.4 is 15.4 Å². The number of sulfonamides is 1. The van der Waals surface area contributed by atoms with Crippen molar-refractivity contribution < 1.29 is 45.0 Å². The highest BCUT2D eigenvalue weighted by Gasteiger charge is 2.32. The summed E-state index contributed by atoms with van der Waals surface area (Å²) in [7, 11) is -9.47. The lowest BCUT2D eigenvalue weighted by Gasteiger charge is -2.21. The summed E-state index contributed by atoms with van der Waals surface area (Å²) >= 11 is 0. The zero-order valence-corrected chi connectivity index (χ0v) is 31.6. The van der Waals surface area contributed by atoms with Gasteiger partial charge in [-0.15, -0.1) is 5.06 Å². The Morgan fingerprint density at radius 1 is 0.943 bits per heavy atom. The summed E-state index contributed by atoms with van der Waals surface area (Å²) < 4.78 is 73.9. The van der Waals surface area contributed by atoms with E-state index < -0.39 is 47.7 Å². The predicted octanol–water partition coefficient (Wildman–Crippen LogP) is 4.92. The van der Waals surface area contributed by atoms with E-state index in [2.05, 4.69) is 10.0 Å². The maximum absolute atomic E-state index is 13.3. The van der Waals surface area contributed by atoms with Crippen LogP contribution in [0.5, 0.6) is 0 Å². The number of nitrogens with zero attached hydrogens (tertiary/aromatic N) is 2. The maximum Gasteiger partial charge on any atom is 0.333 e. The zero-order chi connectivity index (χ0) is 38.5. The number of imide groups is 1. The molecule has 1 saturated heterocycles. The molecule has 0 saturated carbocycles. The second-order valence-electron chi connectivity index (χ2n) is 12.9. The first-order valence-electron chi connectivity index (χ1n) is 17.6. The van der Waals surface area contributed by atoms with Crippen LogP contribution in [0.15, 0.2) is 73.8 Å². The van der Waals surface area contributed by atoms with Gasteiger partial charge in [-0.05, 0) is 75.5 Å². The topological polar surface area (TPSA) is 205 Å². The molecule has 2 aromatic rings. The molecule has 1 fully saturated rings. The molecule has 14 nitrogen and oxygen atoms in total. The molecule has 284 valence electrons. The number of carbonyl (C=O) groups is 3.